The van der Waals surface area contributed by atoms with Crippen LogP contribution in [0.5, 0.6) is 0 Å². The van der Waals surface area contributed by atoms with Gasteiger partial charge >= 0.3 is 5.97 Å². The van der Waals surface area contributed by atoms with E-state index in [1.165, 1.54) is 42.5 Å². The average molecular weight is 463 g/mol. The normalized spacial score (nSPS) is 10.1. The molecule has 0 radical (unpaired) electrons. The van der Waals surface area contributed by atoms with Gasteiger partial charge in [0.25, 0.3) is 17.5 Å². The molecule has 3 N–H and O–H groups in total. The van der Waals surface area contributed by atoms with Crippen LogP contribution in [0.1, 0.15) is 28.8 Å². The van der Waals surface area contributed by atoms with Gasteiger partial charge in [0.05, 0.1) is 11.3 Å². The standard InChI is InChI=1S/C20H19ClN4O7/c1-12-2-7-15(10-16(12)25(30)31)22-18(27)11-32-19(28)9-8-17(26)23-24-20(29)13-3-5-14(21)6-4-13/h2-7,10H,8-9,11H2,1H3,(H,22,27)(H,23,26)(H,24,29). The lowest BCUT2D eigenvalue weighted by atomic mass is 10.2. The first-order valence-electron chi connectivity index (χ1n) is 9.21. The van der Waals surface area contributed by atoms with Gasteiger partial charge in [-0.3, -0.25) is 40.1 Å². The van der Waals surface area contributed by atoms with E-state index in [4.69, 9.17) is 16.3 Å². The smallest absolute Gasteiger partial charge is 0.306 e. The Hall–Kier alpha value is -3.99. The Morgan fingerprint density at radius 3 is 2.34 bits per heavy atom. The summed E-state index contributed by atoms with van der Waals surface area (Å²) in [5.41, 5.74) is 5.07. The third-order valence-corrected chi connectivity index (χ3v) is 4.28. The van der Waals surface area contributed by atoms with Crippen LogP contribution >= 0.6 is 11.6 Å². The molecule has 0 spiro atoms. The van der Waals surface area contributed by atoms with Crippen molar-refractivity contribution in [3.8, 4) is 0 Å². The number of nitrogens with one attached hydrogen (secondary N) is 3. The van der Waals surface area contributed by atoms with Crippen LogP contribution < -0.4 is 16.2 Å². The predicted octanol–water partition coefficient (Wildman–Crippen LogP) is 2.28. The molecule has 2 aromatic rings. The van der Waals surface area contributed by atoms with Crippen molar-refractivity contribution < 1.29 is 28.8 Å². The summed E-state index contributed by atoms with van der Waals surface area (Å²) in [6.45, 7) is 0.931. The Labute approximate surface area is 187 Å². The number of benzene rings is 2. The van der Waals surface area contributed by atoms with Gasteiger partial charge in [-0.25, -0.2) is 0 Å². The van der Waals surface area contributed by atoms with Crippen LogP contribution in [0.25, 0.3) is 0 Å². The van der Waals surface area contributed by atoms with Gasteiger partial charge in [-0.15, -0.1) is 0 Å². The van der Waals surface area contributed by atoms with E-state index in [2.05, 4.69) is 16.2 Å². The van der Waals surface area contributed by atoms with Crippen molar-refractivity contribution in [2.24, 2.45) is 0 Å². The third kappa shape index (κ3) is 7.69. The van der Waals surface area contributed by atoms with Crippen molar-refractivity contribution in [2.45, 2.75) is 19.8 Å². The monoisotopic (exact) mass is 462 g/mol. The average Bonchev–Trinajstić information content (AvgIpc) is 2.76. The Morgan fingerprint density at radius 1 is 1.00 bits per heavy atom. The summed E-state index contributed by atoms with van der Waals surface area (Å²) < 4.78 is 4.77. The Kier molecular flexibility index (Phi) is 8.66. The molecule has 0 atom stereocenters. The second-order valence-electron chi connectivity index (χ2n) is 6.48. The molecule has 0 fully saturated rings. The highest BCUT2D eigenvalue weighted by molar-refractivity contribution is 6.30. The van der Waals surface area contributed by atoms with Gasteiger partial charge in [-0.05, 0) is 37.3 Å². The Balaban J connectivity index is 1.69. The number of rotatable bonds is 8. The summed E-state index contributed by atoms with van der Waals surface area (Å²) in [4.78, 5) is 57.5. The number of ether oxygens (including phenoxy) is 1. The van der Waals surface area contributed by atoms with Crippen LogP contribution in [0.2, 0.25) is 5.02 Å². The van der Waals surface area contributed by atoms with Crippen molar-refractivity contribution in [3.05, 3.63) is 68.7 Å². The van der Waals surface area contributed by atoms with E-state index >= 15 is 0 Å². The molecule has 0 aromatic heterocycles. The van der Waals surface area contributed by atoms with Crippen LogP contribution in [-0.4, -0.2) is 35.2 Å². The lowest BCUT2D eigenvalue weighted by molar-refractivity contribution is -0.385. The molecule has 0 aliphatic rings. The van der Waals surface area contributed by atoms with Gasteiger partial charge in [0, 0.05) is 34.3 Å². The van der Waals surface area contributed by atoms with Crippen molar-refractivity contribution in [2.75, 3.05) is 11.9 Å². The maximum atomic E-state index is 11.9. The van der Waals surface area contributed by atoms with Gasteiger partial charge in [0.1, 0.15) is 0 Å². The van der Waals surface area contributed by atoms with Crippen molar-refractivity contribution in [1.82, 2.24) is 10.9 Å². The fourth-order valence-electron chi connectivity index (χ4n) is 2.38. The molecule has 2 rings (SSSR count). The summed E-state index contributed by atoms with van der Waals surface area (Å²) >= 11 is 5.73. The van der Waals surface area contributed by atoms with E-state index in [9.17, 15) is 29.3 Å². The van der Waals surface area contributed by atoms with Gasteiger partial charge in [-0.1, -0.05) is 17.7 Å². The third-order valence-electron chi connectivity index (χ3n) is 4.03. The van der Waals surface area contributed by atoms with Crippen LogP contribution in [0.3, 0.4) is 0 Å². The summed E-state index contributed by atoms with van der Waals surface area (Å²) in [6.07, 6.45) is -0.614. The first-order valence-corrected chi connectivity index (χ1v) is 9.59. The molecule has 11 nitrogen and oxygen atoms in total. The second-order valence-corrected chi connectivity index (χ2v) is 6.91. The first kappa shape index (κ1) is 24.3. The largest absolute Gasteiger partial charge is 0.456 e. The number of esters is 1. The molecule has 12 heteroatoms. The minimum Gasteiger partial charge on any atom is -0.456 e. The van der Waals surface area contributed by atoms with E-state index in [1.807, 2.05) is 0 Å². The van der Waals surface area contributed by atoms with E-state index in [-0.39, 0.29) is 29.8 Å². The number of aryl methyl sites for hydroxylation is 1. The number of carbonyl (C=O) groups is 4. The number of carbonyl (C=O) groups excluding carboxylic acids is 4. The lowest BCUT2D eigenvalue weighted by Gasteiger charge is -2.08. The van der Waals surface area contributed by atoms with Crippen molar-refractivity contribution in [1.29, 1.82) is 0 Å². The zero-order valence-electron chi connectivity index (χ0n) is 16.8. The number of hydrogen-bond donors (Lipinski definition) is 3. The van der Waals surface area contributed by atoms with Gasteiger partial charge in [-0.2, -0.15) is 0 Å². The van der Waals surface area contributed by atoms with Gasteiger partial charge in [0.2, 0.25) is 5.91 Å². The number of hydrogen-bond acceptors (Lipinski definition) is 7. The molecule has 0 heterocycles. The van der Waals surface area contributed by atoms with Crippen LogP contribution in [0, 0.1) is 17.0 Å². The molecule has 0 unspecified atom stereocenters. The highest BCUT2D eigenvalue weighted by atomic mass is 35.5. The molecule has 0 bridgehead atoms. The van der Waals surface area contributed by atoms with E-state index in [0.29, 0.717) is 10.6 Å². The van der Waals surface area contributed by atoms with E-state index < -0.39 is 35.2 Å². The topological polar surface area (TPSA) is 157 Å². The number of hydrazine groups is 1. The molecule has 0 saturated heterocycles. The number of anilines is 1. The van der Waals surface area contributed by atoms with Gasteiger partial charge < -0.3 is 10.1 Å². The highest BCUT2D eigenvalue weighted by Crippen LogP contribution is 2.22. The van der Waals surface area contributed by atoms with Crippen LogP contribution in [0.15, 0.2) is 42.5 Å². The fraction of sp³-hybridized carbons (Fsp3) is 0.200. The van der Waals surface area contributed by atoms with Gasteiger partial charge in [0.15, 0.2) is 6.61 Å². The SMILES string of the molecule is Cc1ccc(NC(=O)COC(=O)CCC(=O)NNC(=O)c2ccc(Cl)cc2)cc1[N+](=O)[O-]. The van der Waals surface area contributed by atoms with Crippen LogP contribution in [0.4, 0.5) is 11.4 Å². The minimum atomic E-state index is -0.811. The molecule has 0 saturated carbocycles. The fourth-order valence-corrected chi connectivity index (χ4v) is 2.50. The molecule has 3 amide bonds. The number of nitrogens with zero attached hydrogens (tertiary/aromatic N) is 1. The number of nitro benzene ring substituents is 1. The molecule has 2 aromatic carbocycles. The molecular weight excluding hydrogens is 444 g/mol. The number of nitro groups is 1. The molecule has 168 valence electrons. The van der Waals surface area contributed by atoms with E-state index in [1.54, 1.807) is 6.92 Å². The number of amides is 3. The highest BCUT2D eigenvalue weighted by Gasteiger charge is 2.14. The quantitative estimate of drug-likeness (QED) is 0.308. The van der Waals surface area contributed by atoms with Crippen LogP contribution in [-0.2, 0) is 19.1 Å². The lowest BCUT2D eigenvalue weighted by Crippen LogP contribution is -2.41. The predicted molar refractivity (Wildman–Crippen MR) is 114 cm³/mol. The molecule has 0 aliphatic carbocycles. The Morgan fingerprint density at radius 2 is 1.69 bits per heavy atom. The summed E-state index contributed by atoms with van der Waals surface area (Å²) in [5.74, 6) is -2.71. The summed E-state index contributed by atoms with van der Waals surface area (Å²) in [7, 11) is 0. The van der Waals surface area contributed by atoms with E-state index in [0.717, 1.165) is 0 Å². The molecular formula is C20H19ClN4O7. The minimum absolute atomic E-state index is 0.158. The first-order chi connectivity index (χ1) is 15.2. The second kappa shape index (κ2) is 11.4. The van der Waals surface area contributed by atoms with Crippen molar-refractivity contribution in [3.63, 3.8) is 0 Å². The zero-order valence-corrected chi connectivity index (χ0v) is 17.6. The summed E-state index contributed by atoms with van der Waals surface area (Å²) in [6, 6.07) is 10.1. The number of halogens is 1. The Bertz CT molecular complexity index is 1040. The maximum absolute atomic E-state index is 11.9. The zero-order chi connectivity index (χ0) is 23.7. The summed E-state index contributed by atoms with van der Waals surface area (Å²) in [5, 5.41) is 13.8. The molecule has 0 aliphatic heterocycles. The van der Waals surface area contributed by atoms with Crippen molar-refractivity contribution >= 4 is 46.7 Å². The maximum Gasteiger partial charge on any atom is 0.306 e. The molecule has 32 heavy (non-hydrogen) atoms.